The molecule has 1 saturated heterocycles. The molecule has 1 aromatic carbocycles. The molecule has 0 aliphatic carbocycles. The van der Waals surface area contributed by atoms with E-state index in [0.717, 1.165) is 24.3 Å². The zero-order valence-electron chi connectivity index (χ0n) is 10.0. The van der Waals surface area contributed by atoms with Gasteiger partial charge in [0.2, 0.25) is 5.96 Å². The van der Waals surface area contributed by atoms with Crippen LogP contribution in [0.3, 0.4) is 0 Å². The van der Waals surface area contributed by atoms with Crippen LogP contribution in [-0.2, 0) is 4.74 Å². The summed E-state index contributed by atoms with van der Waals surface area (Å²) >= 11 is 0. The van der Waals surface area contributed by atoms with Gasteiger partial charge in [-0.15, -0.1) is 5.10 Å². The molecule has 0 bridgehead atoms. The van der Waals surface area contributed by atoms with E-state index in [4.69, 9.17) is 10.5 Å². The Hall–Kier alpha value is -1.75. The lowest BCUT2D eigenvalue weighted by atomic mass is 10.2. The molecule has 0 atom stereocenters. The second-order valence-corrected chi connectivity index (χ2v) is 4.00. The van der Waals surface area contributed by atoms with Gasteiger partial charge in [0.25, 0.3) is 0 Å². The Morgan fingerprint density at radius 3 is 2.76 bits per heavy atom. The molecule has 0 aromatic heterocycles. The number of benzene rings is 1. The topological polar surface area (TPSA) is 62.9 Å². The van der Waals surface area contributed by atoms with Gasteiger partial charge in [-0.3, -0.25) is 5.43 Å². The van der Waals surface area contributed by atoms with Crippen molar-refractivity contribution in [3.05, 3.63) is 29.8 Å². The highest BCUT2D eigenvalue weighted by Gasteiger charge is 2.12. The van der Waals surface area contributed by atoms with Crippen LogP contribution in [0.25, 0.3) is 0 Å². The molecule has 0 spiro atoms. The number of anilines is 1. The van der Waals surface area contributed by atoms with E-state index in [0.29, 0.717) is 19.2 Å². The molecule has 0 amide bonds. The molecule has 0 unspecified atom stereocenters. The van der Waals surface area contributed by atoms with Crippen LogP contribution >= 0.6 is 0 Å². The minimum Gasteiger partial charge on any atom is -0.378 e. The summed E-state index contributed by atoms with van der Waals surface area (Å²) < 4.78 is 5.26. The van der Waals surface area contributed by atoms with E-state index in [1.165, 1.54) is 0 Å². The molecule has 5 heteroatoms. The first-order valence-corrected chi connectivity index (χ1v) is 5.75. The monoisotopic (exact) mass is 234 g/mol. The number of morpholine rings is 1. The predicted octanol–water partition coefficient (Wildman–Crippen LogP) is 0.969. The number of ether oxygens (including phenoxy) is 1. The third-order valence-electron chi connectivity index (χ3n) is 2.77. The maximum Gasteiger partial charge on any atom is 0.214 e. The van der Waals surface area contributed by atoms with Gasteiger partial charge in [0.05, 0.1) is 18.9 Å². The highest BCUT2D eigenvalue weighted by molar-refractivity contribution is 5.79. The van der Waals surface area contributed by atoms with Crippen molar-refractivity contribution in [3.63, 3.8) is 0 Å². The molecule has 1 aliphatic rings. The standard InChI is InChI=1S/C12H18N4O/c1-10-4-2-3-5-11(10)14-15-12(13)16-6-8-17-9-7-16/h2-5,14H,6-9H2,1H3,(H2,13,15). The van der Waals surface area contributed by atoms with Gasteiger partial charge in [-0.2, -0.15) is 0 Å². The van der Waals surface area contributed by atoms with Gasteiger partial charge in [-0.25, -0.2) is 0 Å². The molecular weight excluding hydrogens is 216 g/mol. The lowest BCUT2D eigenvalue weighted by Gasteiger charge is -2.27. The molecule has 1 aromatic rings. The minimum atomic E-state index is 0.511. The van der Waals surface area contributed by atoms with E-state index in [1.54, 1.807) is 0 Å². The second kappa shape index (κ2) is 5.54. The first kappa shape index (κ1) is 11.7. The number of nitrogens with zero attached hydrogens (tertiary/aromatic N) is 2. The number of aryl methyl sites for hydroxylation is 1. The summed E-state index contributed by atoms with van der Waals surface area (Å²) in [5.41, 5.74) is 11.0. The lowest BCUT2D eigenvalue weighted by molar-refractivity contribution is 0.0675. The SMILES string of the molecule is Cc1ccccc1N/N=C(\N)N1CCOCC1. The van der Waals surface area contributed by atoms with Crippen molar-refractivity contribution in [3.8, 4) is 0 Å². The number of nitrogens with one attached hydrogen (secondary N) is 1. The Morgan fingerprint density at radius 2 is 2.06 bits per heavy atom. The molecule has 0 radical (unpaired) electrons. The molecular formula is C12H18N4O. The van der Waals surface area contributed by atoms with Gasteiger partial charge in [0.1, 0.15) is 0 Å². The Labute approximate surface area is 101 Å². The summed E-state index contributed by atoms with van der Waals surface area (Å²) in [6.07, 6.45) is 0. The van der Waals surface area contributed by atoms with Gasteiger partial charge in [-0.05, 0) is 18.6 Å². The van der Waals surface area contributed by atoms with E-state index in [9.17, 15) is 0 Å². The number of guanidine groups is 1. The van der Waals surface area contributed by atoms with Crippen molar-refractivity contribution >= 4 is 11.6 Å². The van der Waals surface area contributed by atoms with Crippen molar-refractivity contribution in [2.45, 2.75) is 6.92 Å². The van der Waals surface area contributed by atoms with Crippen molar-refractivity contribution < 1.29 is 4.74 Å². The van der Waals surface area contributed by atoms with Crippen molar-refractivity contribution in [2.75, 3.05) is 31.7 Å². The number of hydrazone groups is 1. The first-order chi connectivity index (χ1) is 8.27. The van der Waals surface area contributed by atoms with Crippen LogP contribution in [-0.4, -0.2) is 37.2 Å². The van der Waals surface area contributed by atoms with Gasteiger partial charge in [0, 0.05) is 13.1 Å². The molecule has 1 heterocycles. The fourth-order valence-corrected chi connectivity index (χ4v) is 1.68. The maximum atomic E-state index is 5.90. The summed E-state index contributed by atoms with van der Waals surface area (Å²) in [6, 6.07) is 7.97. The van der Waals surface area contributed by atoms with E-state index in [1.807, 2.05) is 36.1 Å². The second-order valence-electron chi connectivity index (χ2n) is 4.00. The van der Waals surface area contributed by atoms with Crippen molar-refractivity contribution in [1.29, 1.82) is 0 Å². The number of para-hydroxylation sites is 1. The van der Waals surface area contributed by atoms with Crippen LogP contribution in [0.1, 0.15) is 5.56 Å². The zero-order valence-corrected chi connectivity index (χ0v) is 10.0. The molecule has 5 nitrogen and oxygen atoms in total. The highest BCUT2D eigenvalue weighted by Crippen LogP contribution is 2.12. The molecule has 2 rings (SSSR count). The Morgan fingerprint density at radius 1 is 1.35 bits per heavy atom. The zero-order chi connectivity index (χ0) is 12.1. The fraction of sp³-hybridized carbons (Fsp3) is 0.417. The highest BCUT2D eigenvalue weighted by atomic mass is 16.5. The number of hydrogen-bond donors (Lipinski definition) is 2. The smallest absolute Gasteiger partial charge is 0.214 e. The number of rotatable bonds is 2. The van der Waals surface area contributed by atoms with Crippen LogP contribution < -0.4 is 11.2 Å². The van der Waals surface area contributed by atoms with Crippen LogP contribution in [0.5, 0.6) is 0 Å². The number of hydrogen-bond acceptors (Lipinski definition) is 3. The third kappa shape index (κ3) is 3.10. The molecule has 0 saturated carbocycles. The average molecular weight is 234 g/mol. The lowest BCUT2D eigenvalue weighted by Crippen LogP contribution is -2.45. The Kier molecular flexibility index (Phi) is 3.82. The summed E-state index contributed by atoms with van der Waals surface area (Å²) in [4.78, 5) is 2.01. The normalized spacial score (nSPS) is 17.0. The van der Waals surface area contributed by atoms with E-state index in [2.05, 4.69) is 10.5 Å². The summed E-state index contributed by atoms with van der Waals surface area (Å²) in [7, 11) is 0. The average Bonchev–Trinajstić information content (AvgIpc) is 2.38. The van der Waals surface area contributed by atoms with Crippen LogP contribution in [0, 0.1) is 6.92 Å². The van der Waals surface area contributed by atoms with Gasteiger partial charge in [0.15, 0.2) is 0 Å². The number of nitrogens with two attached hydrogens (primary N) is 1. The Balaban J connectivity index is 1.97. The fourth-order valence-electron chi connectivity index (χ4n) is 1.68. The van der Waals surface area contributed by atoms with E-state index >= 15 is 0 Å². The summed E-state index contributed by atoms with van der Waals surface area (Å²) in [6.45, 7) is 5.04. The van der Waals surface area contributed by atoms with E-state index < -0.39 is 0 Å². The molecule has 1 aliphatic heterocycles. The molecule has 92 valence electrons. The molecule has 1 fully saturated rings. The van der Waals surface area contributed by atoms with Gasteiger partial charge < -0.3 is 15.4 Å². The van der Waals surface area contributed by atoms with Crippen molar-refractivity contribution in [2.24, 2.45) is 10.8 Å². The molecule has 3 N–H and O–H groups in total. The summed E-state index contributed by atoms with van der Waals surface area (Å²) in [5, 5.41) is 4.19. The quantitative estimate of drug-likeness (QED) is 0.455. The van der Waals surface area contributed by atoms with E-state index in [-0.39, 0.29) is 0 Å². The van der Waals surface area contributed by atoms with Crippen LogP contribution in [0.15, 0.2) is 29.4 Å². The molecule has 17 heavy (non-hydrogen) atoms. The summed E-state index contributed by atoms with van der Waals surface area (Å²) in [5.74, 6) is 0.511. The minimum absolute atomic E-state index is 0.511. The van der Waals surface area contributed by atoms with Crippen LogP contribution in [0.4, 0.5) is 5.69 Å². The maximum absolute atomic E-state index is 5.90. The Bertz CT molecular complexity index is 399. The predicted molar refractivity (Wildman–Crippen MR) is 68.8 cm³/mol. The third-order valence-corrected chi connectivity index (χ3v) is 2.77. The first-order valence-electron chi connectivity index (χ1n) is 5.75. The largest absolute Gasteiger partial charge is 0.378 e. The van der Waals surface area contributed by atoms with Crippen LogP contribution in [0.2, 0.25) is 0 Å². The van der Waals surface area contributed by atoms with Crippen molar-refractivity contribution in [1.82, 2.24) is 4.90 Å². The van der Waals surface area contributed by atoms with Gasteiger partial charge >= 0.3 is 0 Å². The van der Waals surface area contributed by atoms with Gasteiger partial charge in [-0.1, -0.05) is 18.2 Å².